The van der Waals surface area contributed by atoms with Crippen molar-refractivity contribution in [3.8, 4) is 11.1 Å². The van der Waals surface area contributed by atoms with Gasteiger partial charge in [0.15, 0.2) is 21.4 Å². The van der Waals surface area contributed by atoms with Crippen LogP contribution in [-0.4, -0.2) is 68.9 Å². The Morgan fingerprint density at radius 3 is 2.51 bits per heavy atom. The second-order valence-electron chi connectivity index (χ2n) is 12.0. The SMILES string of the molecule is CCC(=O)c1nn(COCC[Si](C)(C)C)c2c(F)c(-c3c(F)ccc(CS(=O)(=O)C4CCCN(C)C4)c3F)ccc12. The number of aromatic nitrogens is 2. The Morgan fingerprint density at radius 1 is 1.12 bits per heavy atom. The van der Waals surface area contributed by atoms with Crippen LogP contribution in [0.1, 0.15) is 42.2 Å². The van der Waals surface area contributed by atoms with E-state index in [2.05, 4.69) is 24.7 Å². The van der Waals surface area contributed by atoms with Gasteiger partial charge in [-0.25, -0.2) is 26.3 Å². The van der Waals surface area contributed by atoms with Crippen molar-refractivity contribution in [1.82, 2.24) is 14.7 Å². The average Bonchev–Trinajstić information content (AvgIpc) is 3.28. The maximum atomic E-state index is 16.2. The first-order chi connectivity index (χ1) is 19.2. The molecule has 41 heavy (non-hydrogen) atoms. The van der Waals surface area contributed by atoms with Gasteiger partial charge in [-0.1, -0.05) is 38.7 Å². The minimum absolute atomic E-state index is 0.0555. The fourth-order valence-corrected chi connectivity index (χ4v) is 7.78. The van der Waals surface area contributed by atoms with Crippen molar-refractivity contribution >= 4 is 34.6 Å². The van der Waals surface area contributed by atoms with Gasteiger partial charge in [0.05, 0.1) is 16.6 Å². The van der Waals surface area contributed by atoms with E-state index < -0.39 is 51.9 Å². The van der Waals surface area contributed by atoms with E-state index in [1.54, 1.807) is 6.92 Å². The van der Waals surface area contributed by atoms with E-state index in [9.17, 15) is 13.2 Å². The summed E-state index contributed by atoms with van der Waals surface area (Å²) in [6.45, 7) is 9.65. The molecule has 1 saturated heterocycles. The molecule has 0 spiro atoms. The van der Waals surface area contributed by atoms with Crippen LogP contribution in [0.15, 0.2) is 24.3 Å². The maximum Gasteiger partial charge on any atom is 0.183 e. The van der Waals surface area contributed by atoms with Crippen molar-refractivity contribution in [2.75, 3.05) is 26.7 Å². The molecule has 0 saturated carbocycles. The first kappa shape index (κ1) is 31.4. The largest absolute Gasteiger partial charge is 0.360 e. The maximum absolute atomic E-state index is 16.2. The van der Waals surface area contributed by atoms with Crippen LogP contribution in [0.3, 0.4) is 0 Å². The van der Waals surface area contributed by atoms with Crippen LogP contribution in [0.2, 0.25) is 25.7 Å². The lowest BCUT2D eigenvalue weighted by atomic mass is 9.99. The molecule has 3 aromatic rings. The molecule has 4 rings (SSSR count). The Hall–Kier alpha value is -2.54. The third-order valence-corrected chi connectivity index (χ3v) is 11.3. The van der Waals surface area contributed by atoms with Crippen LogP contribution in [0.4, 0.5) is 13.2 Å². The summed E-state index contributed by atoms with van der Waals surface area (Å²) in [7, 11) is -3.31. The smallest absolute Gasteiger partial charge is 0.183 e. The molecule has 1 aliphatic heterocycles. The quantitative estimate of drug-likeness (QED) is 0.150. The number of sulfone groups is 1. The number of rotatable bonds is 11. The van der Waals surface area contributed by atoms with Gasteiger partial charge in [-0.3, -0.25) is 4.79 Å². The van der Waals surface area contributed by atoms with Gasteiger partial charge in [0.2, 0.25) is 0 Å². The number of benzene rings is 2. The highest BCUT2D eigenvalue weighted by molar-refractivity contribution is 7.91. The summed E-state index contributed by atoms with van der Waals surface area (Å²) in [5.41, 5.74) is -1.31. The summed E-state index contributed by atoms with van der Waals surface area (Å²) in [4.78, 5) is 14.5. The first-order valence-corrected chi connectivity index (χ1v) is 19.3. The van der Waals surface area contributed by atoms with Gasteiger partial charge in [-0.15, -0.1) is 0 Å². The van der Waals surface area contributed by atoms with E-state index in [-0.39, 0.29) is 46.7 Å². The second kappa shape index (κ2) is 12.4. The van der Waals surface area contributed by atoms with Gasteiger partial charge in [-0.05, 0) is 44.6 Å². The molecule has 1 aromatic heterocycles. The molecule has 1 unspecified atom stereocenters. The van der Waals surface area contributed by atoms with Gasteiger partial charge in [0.1, 0.15) is 29.6 Å². The fourth-order valence-electron chi connectivity index (χ4n) is 5.12. The zero-order chi connectivity index (χ0) is 30.1. The normalized spacial score (nSPS) is 16.9. The first-order valence-electron chi connectivity index (χ1n) is 13.9. The van der Waals surface area contributed by atoms with Gasteiger partial charge >= 0.3 is 0 Å². The average molecular weight is 610 g/mol. The van der Waals surface area contributed by atoms with Gasteiger partial charge in [-0.2, -0.15) is 5.10 Å². The van der Waals surface area contributed by atoms with Crippen LogP contribution in [0, 0.1) is 17.5 Å². The molecule has 0 radical (unpaired) electrons. The summed E-state index contributed by atoms with van der Waals surface area (Å²) in [6.07, 6.45) is 1.32. The van der Waals surface area contributed by atoms with Crippen molar-refractivity contribution in [3.63, 3.8) is 0 Å². The molecule has 0 N–H and O–H groups in total. The highest BCUT2D eigenvalue weighted by Crippen LogP contribution is 2.36. The number of halogens is 3. The third-order valence-electron chi connectivity index (χ3n) is 7.53. The number of carbonyl (C=O) groups excluding carboxylic acids is 1. The summed E-state index contributed by atoms with van der Waals surface area (Å²) >= 11 is 0. The molecule has 12 heteroatoms. The van der Waals surface area contributed by atoms with Crippen molar-refractivity contribution in [1.29, 1.82) is 0 Å². The van der Waals surface area contributed by atoms with Gasteiger partial charge in [0.25, 0.3) is 0 Å². The molecule has 1 aliphatic rings. The Morgan fingerprint density at radius 2 is 1.85 bits per heavy atom. The van der Waals surface area contributed by atoms with Crippen molar-refractivity contribution in [3.05, 3.63) is 53.0 Å². The van der Waals surface area contributed by atoms with Crippen LogP contribution >= 0.6 is 0 Å². The minimum atomic E-state index is -3.75. The van der Waals surface area contributed by atoms with Crippen LogP contribution in [-0.2, 0) is 27.1 Å². The number of likely N-dealkylation sites (tertiary alicyclic amines) is 1. The van der Waals surface area contributed by atoms with Crippen LogP contribution in [0.25, 0.3) is 22.0 Å². The summed E-state index contributed by atoms with van der Waals surface area (Å²) in [5, 5.41) is 3.86. The zero-order valence-corrected chi connectivity index (χ0v) is 26.1. The minimum Gasteiger partial charge on any atom is -0.360 e. The number of Topliss-reactive ketones (excluding diaryl/α,β-unsaturated/α-hetero) is 1. The predicted octanol–water partition coefficient (Wildman–Crippen LogP) is 6.03. The monoisotopic (exact) mass is 609 g/mol. The highest BCUT2D eigenvalue weighted by Gasteiger charge is 2.32. The Balaban J connectivity index is 1.75. The molecule has 2 aromatic carbocycles. The highest BCUT2D eigenvalue weighted by atomic mass is 32.2. The molecule has 224 valence electrons. The van der Waals surface area contributed by atoms with Crippen LogP contribution in [0.5, 0.6) is 0 Å². The Labute approximate surface area is 240 Å². The van der Waals surface area contributed by atoms with Crippen molar-refractivity contribution in [2.24, 2.45) is 0 Å². The molecule has 0 amide bonds. The fraction of sp³-hybridized carbons (Fsp3) is 0.517. The Kier molecular flexibility index (Phi) is 9.47. The van der Waals surface area contributed by atoms with Crippen molar-refractivity contribution < 1.29 is 31.1 Å². The molecule has 0 bridgehead atoms. The number of hydrogen-bond acceptors (Lipinski definition) is 6. The number of piperidine rings is 1. The molecule has 1 atom stereocenters. The third kappa shape index (κ3) is 6.93. The molecule has 7 nitrogen and oxygen atoms in total. The number of carbonyl (C=O) groups is 1. The topological polar surface area (TPSA) is 81.5 Å². The van der Waals surface area contributed by atoms with E-state index >= 15 is 13.2 Å². The number of ketones is 1. The number of hydrogen-bond donors (Lipinski definition) is 0. The molecular formula is C29H38F3N3O4SSi. The second-order valence-corrected chi connectivity index (χ2v) is 19.9. The number of ether oxygens (including phenoxy) is 1. The van der Waals surface area contributed by atoms with E-state index in [0.29, 0.717) is 26.0 Å². The van der Waals surface area contributed by atoms with Crippen molar-refractivity contribution in [2.45, 2.75) is 69.6 Å². The molecule has 1 fully saturated rings. The van der Waals surface area contributed by atoms with E-state index in [0.717, 1.165) is 24.7 Å². The summed E-state index contributed by atoms with van der Waals surface area (Å²) < 4.78 is 80.4. The molecule has 2 heterocycles. The number of nitrogens with zero attached hydrogens (tertiary/aromatic N) is 3. The summed E-state index contributed by atoms with van der Waals surface area (Å²) in [5.74, 6) is -4.04. The zero-order valence-electron chi connectivity index (χ0n) is 24.3. The van der Waals surface area contributed by atoms with E-state index in [1.807, 2.05) is 11.9 Å². The van der Waals surface area contributed by atoms with Gasteiger partial charge < -0.3 is 9.64 Å². The lowest BCUT2D eigenvalue weighted by Gasteiger charge is -2.29. The molecular weight excluding hydrogens is 571 g/mol. The van der Waals surface area contributed by atoms with E-state index in [1.165, 1.54) is 16.8 Å². The number of fused-ring (bicyclic) bond motifs is 1. The Bertz CT molecular complexity index is 1550. The van der Waals surface area contributed by atoms with E-state index in [4.69, 9.17) is 4.74 Å². The van der Waals surface area contributed by atoms with Crippen LogP contribution < -0.4 is 0 Å². The predicted molar refractivity (Wildman–Crippen MR) is 157 cm³/mol. The summed E-state index contributed by atoms with van der Waals surface area (Å²) in [6, 6.07) is 5.55. The standard InChI is InChI=1S/C29H38F3N3O4SSi/c1-6-24(36)28-22-11-10-21(27(32)29(22)35(33-28)18-39-14-15-41(3,4)5)25-23(30)12-9-19(26(25)31)17-40(37,38)20-8-7-13-34(2)16-20/h9-12,20H,6-8,13-18H2,1-5H3. The lowest BCUT2D eigenvalue weighted by molar-refractivity contribution is 0.0804. The van der Waals surface area contributed by atoms with Gasteiger partial charge in [0, 0.05) is 44.2 Å². The lowest BCUT2D eigenvalue weighted by Crippen LogP contribution is -2.40. The molecule has 0 aliphatic carbocycles.